The number of carboxylic acids is 1. The number of carbonyl (C=O) groups is 2. The largest absolute Gasteiger partial charge is 0.478 e. The summed E-state index contributed by atoms with van der Waals surface area (Å²) in [5.74, 6) is -1.23. The topological polar surface area (TPSA) is 63.6 Å². The maximum Gasteiger partial charge on any atom is 0.338 e. The molecule has 0 bridgehead atoms. The number of rotatable bonds is 5. The van der Waals surface area contributed by atoms with Crippen LogP contribution in [-0.4, -0.2) is 17.0 Å². The number of esters is 1. The van der Waals surface area contributed by atoms with Gasteiger partial charge in [-0.25, -0.2) is 9.59 Å². The van der Waals surface area contributed by atoms with E-state index in [1.165, 1.54) is 12.1 Å². The van der Waals surface area contributed by atoms with Gasteiger partial charge in [-0.3, -0.25) is 0 Å². The van der Waals surface area contributed by atoms with Gasteiger partial charge in [-0.15, -0.1) is 0 Å². The van der Waals surface area contributed by atoms with E-state index in [0.717, 1.165) is 5.56 Å². The number of hydrogen-bond acceptors (Lipinski definition) is 3. The highest BCUT2D eigenvalue weighted by Gasteiger charge is 2.13. The normalized spacial score (nSPS) is 10.0. The molecule has 0 amide bonds. The molecule has 0 heterocycles. The van der Waals surface area contributed by atoms with Gasteiger partial charge in [-0.2, -0.15) is 0 Å². The van der Waals surface area contributed by atoms with Gasteiger partial charge in [0.05, 0.1) is 5.56 Å². The van der Waals surface area contributed by atoms with E-state index in [4.69, 9.17) is 4.74 Å². The molecule has 0 unspecified atom stereocenters. The fourth-order valence-corrected chi connectivity index (χ4v) is 2.00. The lowest BCUT2D eigenvalue weighted by atomic mass is 9.99. The van der Waals surface area contributed by atoms with Gasteiger partial charge in [0.15, 0.2) is 0 Å². The molecule has 0 spiro atoms. The lowest BCUT2D eigenvalue weighted by molar-refractivity contribution is -0.130. The van der Waals surface area contributed by atoms with Gasteiger partial charge >= 0.3 is 11.9 Å². The lowest BCUT2D eigenvalue weighted by Gasteiger charge is -2.10. The van der Waals surface area contributed by atoms with Crippen molar-refractivity contribution in [3.63, 3.8) is 0 Å². The Kier molecular flexibility index (Phi) is 4.73. The Morgan fingerprint density at radius 1 is 1.14 bits per heavy atom. The Morgan fingerprint density at radius 2 is 1.82 bits per heavy atom. The van der Waals surface area contributed by atoms with Crippen LogP contribution in [0.5, 0.6) is 5.75 Å². The monoisotopic (exact) mass is 296 g/mol. The second kappa shape index (κ2) is 6.72. The van der Waals surface area contributed by atoms with Crippen LogP contribution < -0.4 is 4.74 Å². The second-order valence-corrected chi connectivity index (χ2v) is 4.96. The molecule has 112 valence electrons. The van der Waals surface area contributed by atoms with Crippen LogP contribution >= 0.6 is 0 Å². The number of hydrogen-bond donors (Lipinski definition) is 1. The first-order chi connectivity index (χ1) is 10.5. The zero-order valence-electron chi connectivity index (χ0n) is 12.2. The Labute approximate surface area is 128 Å². The highest BCUT2D eigenvalue weighted by atomic mass is 16.5. The van der Waals surface area contributed by atoms with Crippen molar-refractivity contribution in [1.82, 2.24) is 0 Å². The highest BCUT2D eigenvalue weighted by Crippen LogP contribution is 2.22. The van der Waals surface area contributed by atoms with Crippen molar-refractivity contribution in [3.8, 4) is 5.75 Å². The number of carbonyl (C=O) groups excluding carboxylic acids is 1. The van der Waals surface area contributed by atoms with E-state index in [1.807, 2.05) is 30.3 Å². The van der Waals surface area contributed by atoms with Gasteiger partial charge in [0.2, 0.25) is 0 Å². The van der Waals surface area contributed by atoms with E-state index in [1.54, 1.807) is 13.0 Å². The van der Waals surface area contributed by atoms with Crippen molar-refractivity contribution in [2.24, 2.45) is 0 Å². The number of ether oxygens (including phenoxy) is 1. The minimum absolute atomic E-state index is 0.193. The maximum absolute atomic E-state index is 11.6. The molecule has 0 fully saturated rings. The van der Waals surface area contributed by atoms with E-state index in [0.29, 0.717) is 17.7 Å². The predicted octanol–water partition coefficient (Wildman–Crippen LogP) is 3.46. The lowest BCUT2D eigenvalue weighted by Crippen LogP contribution is -2.10. The molecule has 0 aliphatic rings. The zero-order chi connectivity index (χ0) is 16.1. The van der Waals surface area contributed by atoms with Gasteiger partial charge in [0.1, 0.15) is 5.75 Å². The molecule has 4 nitrogen and oxygen atoms in total. The standard InChI is InChI=1S/C18H16O4/c1-12(2)18(21)22-15-8-9-16(17(19)20)14(11-15)10-13-6-4-3-5-7-13/h3-9,11H,1,10H2,2H3,(H,19,20). The fraction of sp³-hybridized carbons (Fsp3) is 0.111. The summed E-state index contributed by atoms with van der Waals surface area (Å²) in [7, 11) is 0. The number of benzene rings is 2. The molecule has 2 rings (SSSR count). The molecule has 0 radical (unpaired) electrons. The van der Waals surface area contributed by atoms with E-state index in [2.05, 4.69) is 6.58 Å². The molecule has 0 saturated heterocycles. The van der Waals surface area contributed by atoms with Crippen molar-refractivity contribution in [2.45, 2.75) is 13.3 Å². The summed E-state index contributed by atoms with van der Waals surface area (Å²) >= 11 is 0. The van der Waals surface area contributed by atoms with Gasteiger partial charge in [0.25, 0.3) is 0 Å². The minimum atomic E-state index is -1.01. The summed E-state index contributed by atoms with van der Waals surface area (Å²) in [5.41, 5.74) is 2.05. The number of aromatic carboxylic acids is 1. The van der Waals surface area contributed by atoms with Crippen molar-refractivity contribution in [1.29, 1.82) is 0 Å². The molecule has 0 saturated carbocycles. The van der Waals surface area contributed by atoms with Crippen LogP contribution in [-0.2, 0) is 11.2 Å². The van der Waals surface area contributed by atoms with Crippen molar-refractivity contribution in [2.75, 3.05) is 0 Å². The molecule has 2 aromatic rings. The van der Waals surface area contributed by atoms with E-state index >= 15 is 0 Å². The van der Waals surface area contributed by atoms with E-state index in [-0.39, 0.29) is 11.1 Å². The average Bonchev–Trinajstić information content (AvgIpc) is 2.48. The van der Waals surface area contributed by atoms with Crippen LogP contribution in [0, 0.1) is 0 Å². The Bertz CT molecular complexity index is 717. The number of carboxylic acid groups (broad SMARTS) is 1. The molecule has 0 aliphatic heterocycles. The fourth-order valence-electron chi connectivity index (χ4n) is 2.00. The molecule has 0 atom stereocenters. The Balaban J connectivity index is 2.34. The third kappa shape index (κ3) is 3.82. The third-order valence-corrected chi connectivity index (χ3v) is 3.10. The first-order valence-corrected chi connectivity index (χ1v) is 6.75. The van der Waals surface area contributed by atoms with Crippen molar-refractivity contribution in [3.05, 3.63) is 77.4 Å². The van der Waals surface area contributed by atoms with Crippen LogP contribution in [0.1, 0.15) is 28.4 Å². The average molecular weight is 296 g/mol. The molecule has 0 aromatic heterocycles. The summed E-state index contributed by atoms with van der Waals surface area (Å²) < 4.78 is 5.16. The molecular formula is C18H16O4. The van der Waals surface area contributed by atoms with Crippen LogP contribution in [0.25, 0.3) is 0 Å². The first kappa shape index (κ1) is 15.5. The Morgan fingerprint density at radius 3 is 2.41 bits per heavy atom. The van der Waals surface area contributed by atoms with Crippen molar-refractivity contribution < 1.29 is 19.4 Å². The minimum Gasteiger partial charge on any atom is -0.478 e. The van der Waals surface area contributed by atoms with Gasteiger partial charge in [0, 0.05) is 5.57 Å². The smallest absolute Gasteiger partial charge is 0.338 e. The van der Waals surface area contributed by atoms with Crippen LogP contribution in [0.2, 0.25) is 0 Å². The van der Waals surface area contributed by atoms with Crippen LogP contribution in [0.4, 0.5) is 0 Å². The quantitative estimate of drug-likeness (QED) is 0.521. The maximum atomic E-state index is 11.6. The van der Waals surface area contributed by atoms with Crippen molar-refractivity contribution >= 4 is 11.9 Å². The molecule has 0 aliphatic carbocycles. The molecule has 2 aromatic carbocycles. The molecule has 4 heteroatoms. The van der Waals surface area contributed by atoms with E-state index < -0.39 is 11.9 Å². The SMILES string of the molecule is C=C(C)C(=O)Oc1ccc(C(=O)O)c(Cc2ccccc2)c1. The second-order valence-electron chi connectivity index (χ2n) is 4.96. The third-order valence-electron chi connectivity index (χ3n) is 3.10. The highest BCUT2D eigenvalue weighted by molar-refractivity contribution is 5.91. The summed E-state index contributed by atoms with van der Waals surface area (Å²) in [4.78, 5) is 22.9. The summed E-state index contributed by atoms with van der Waals surface area (Å²) in [5, 5.41) is 9.28. The molecule has 22 heavy (non-hydrogen) atoms. The molecule has 1 N–H and O–H groups in total. The van der Waals surface area contributed by atoms with Crippen LogP contribution in [0.15, 0.2) is 60.7 Å². The van der Waals surface area contributed by atoms with E-state index in [9.17, 15) is 14.7 Å². The Hall–Kier alpha value is -2.88. The first-order valence-electron chi connectivity index (χ1n) is 6.75. The zero-order valence-corrected chi connectivity index (χ0v) is 12.2. The summed E-state index contributed by atoms with van der Waals surface area (Å²) in [6.07, 6.45) is 0.445. The van der Waals surface area contributed by atoms with Gasteiger partial charge < -0.3 is 9.84 Å². The van der Waals surface area contributed by atoms with Crippen LogP contribution in [0.3, 0.4) is 0 Å². The molecular weight excluding hydrogens is 280 g/mol. The van der Waals surface area contributed by atoms with Gasteiger partial charge in [-0.1, -0.05) is 36.9 Å². The predicted molar refractivity (Wildman–Crippen MR) is 83.1 cm³/mol. The summed E-state index contributed by atoms with van der Waals surface area (Å²) in [6.45, 7) is 5.07. The summed E-state index contributed by atoms with van der Waals surface area (Å²) in [6, 6.07) is 14.0. The van der Waals surface area contributed by atoms with Gasteiger partial charge in [-0.05, 0) is 42.7 Å².